The van der Waals surface area contributed by atoms with E-state index >= 15 is 0 Å². The first-order chi connectivity index (χ1) is 9.66. The summed E-state index contributed by atoms with van der Waals surface area (Å²) in [7, 11) is 0. The molecule has 4 heteroatoms. The van der Waals surface area contributed by atoms with E-state index in [1.807, 2.05) is 13.8 Å². The molecule has 1 unspecified atom stereocenters. The number of aryl methyl sites for hydroxylation is 1. The van der Waals surface area contributed by atoms with Crippen LogP contribution >= 0.6 is 12.4 Å². The van der Waals surface area contributed by atoms with E-state index in [1.54, 1.807) is 0 Å². The van der Waals surface area contributed by atoms with Crippen molar-refractivity contribution < 1.29 is 4.79 Å². The lowest BCUT2D eigenvalue weighted by molar-refractivity contribution is -0.132. The van der Waals surface area contributed by atoms with Crippen LogP contribution in [0, 0.1) is 5.41 Å². The molecule has 1 aliphatic rings. The van der Waals surface area contributed by atoms with Crippen molar-refractivity contribution in [2.24, 2.45) is 11.1 Å². The van der Waals surface area contributed by atoms with Gasteiger partial charge in [-0.05, 0) is 43.2 Å². The molecule has 0 spiro atoms. The number of hydrogen-bond donors (Lipinski definition) is 2. The van der Waals surface area contributed by atoms with Gasteiger partial charge in [0.05, 0.1) is 11.5 Å². The molecule has 1 atom stereocenters. The van der Waals surface area contributed by atoms with Gasteiger partial charge in [-0.15, -0.1) is 12.4 Å². The highest BCUT2D eigenvalue weighted by Gasteiger charge is 2.35. The van der Waals surface area contributed by atoms with E-state index in [0.29, 0.717) is 6.54 Å². The van der Waals surface area contributed by atoms with E-state index in [1.165, 1.54) is 11.1 Å². The monoisotopic (exact) mass is 310 g/mol. The van der Waals surface area contributed by atoms with Gasteiger partial charge in [-0.2, -0.15) is 0 Å². The molecule has 0 radical (unpaired) electrons. The maximum atomic E-state index is 12.6. The van der Waals surface area contributed by atoms with Crippen molar-refractivity contribution in [3.8, 4) is 0 Å². The number of fused-ring (bicyclic) bond motifs is 1. The summed E-state index contributed by atoms with van der Waals surface area (Å²) in [6.07, 6.45) is 4.86. The van der Waals surface area contributed by atoms with Crippen molar-refractivity contribution in [3.63, 3.8) is 0 Å². The van der Waals surface area contributed by atoms with Crippen LogP contribution in [0.1, 0.15) is 56.7 Å². The number of halogens is 1. The van der Waals surface area contributed by atoms with Gasteiger partial charge in [-0.3, -0.25) is 4.79 Å². The lowest BCUT2D eigenvalue weighted by atomic mass is 9.80. The number of amides is 1. The van der Waals surface area contributed by atoms with Gasteiger partial charge < -0.3 is 11.1 Å². The average molecular weight is 311 g/mol. The van der Waals surface area contributed by atoms with Gasteiger partial charge in [0.15, 0.2) is 0 Å². The van der Waals surface area contributed by atoms with E-state index in [4.69, 9.17) is 5.73 Å². The first-order valence-corrected chi connectivity index (χ1v) is 7.75. The van der Waals surface area contributed by atoms with E-state index in [0.717, 1.165) is 32.1 Å². The largest absolute Gasteiger partial charge is 0.349 e. The van der Waals surface area contributed by atoms with E-state index in [2.05, 4.69) is 29.6 Å². The molecule has 1 aromatic carbocycles. The molecule has 21 heavy (non-hydrogen) atoms. The van der Waals surface area contributed by atoms with Gasteiger partial charge in [0.1, 0.15) is 0 Å². The summed E-state index contributed by atoms with van der Waals surface area (Å²) in [4.78, 5) is 12.6. The molecule has 0 bridgehead atoms. The molecular weight excluding hydrogens is 284 g/mol. The quantitative estimate of drug-likeness (QED) is 0.876. The second-order valence-corrected chi connectivity index (χ2v) is 5.81. The number of carbonyl (C=O) groups excluding carboxylic acids is 1. The molecule has 118 valence electrons. The molecule has 1 aromatic rings. The summed E-state index contributed by atoms with van der Waals surface area (Å²) < 4.78 is 0. The Morgan fingerprint density at radius 2 is 2.00 bits per heavy atom. The molecule has 1 amide bonds. The second kappa shape index (κ2) is 7.81. The minimum Gasteiger partial charge on any atom is -0.349 e. The average Bonchev–Trinajstić information content (AvgIpc) is 2.50. The van der Waals surface area contributed by atoms with Gasteiger partial charge >= 0.3 is 0 Å². The predicted octanol–water partition coefficient (Wildman–Crippen LogP) is 3.37. The summed E-state index contributed by atoms with van der Waals surface area (Å²) in [6.45, 7) is 4.51. The third kappa shape index (κ3) is 3.58. The van der Waals surface area contributed by atoms with E-state index in [-0.39, 0.29) is 24.4 Å². The second-order valence-electron chi connectivity index (χ2n) is 5.81. The highest BCUT2D eigenvalue weighted by molar-refractivity contribution is 5.85. The van der Waals surface area contributed by atoms with Crippen molar-refractivity contribution >= 4 is 18.3 Å². The first-order valence-electron chi connectivity index (χ1n) is 7.75. The first kappa shape index (κ1) is 18.0. The van der Waals surface area contributed by atoms with Gasteiger partial charge in [0.2, 0.25) is 5.91 Å². The van der Waals surface area contributed by atoms with Crippen molar-refractivity contribution in [1.29, 1.82) is 0 Å². The molecule has 0 fully saturated rings. The predicted molar refractivity (Wildman–Crippen MR) is 89.6 cm³/mol. The molecule has 2 rings (SSSR count). The highest BCUT2D eigenvalue weighted by atomic mass is 35.5. The number of nitrogens with two attached hydrogens (primary N) is 1. The van der Waals surface area contributed by atoms with Crippen molar-refractivity contribution in [3.05, 3.63) is 35.4 Å². The molecule has 3 nitrogen and oxygen atoms in total. The van der Waals surface area contributed by atoms with Crippen LogP contribution in [-0.4, -0.2) is 12.5 Å². The number of carbonyl (C=O) groups is 1. The van der Waals surface area contributed by atoms with Crippen LogP contribution in [0.4, 0.5) is 0 Å². The fourth-order valence-electron chi connectivity index (χ4n) is 3.17. The van der Waals surface area contributed by atoms with Crippen LogP contribution in [0.25, 0.3) is 0 Å². The summed E-state index contributed by atoms with van der Waals surface area (Å²) in [5, 5.41) is 3.25. The van der Waals surface area contributed by atoms with Crippen LogP contribution in [0.15, 0.2) is 24.3 Å². The summed E-state index contributed by atoms with van der Waals surface area (Å²) in [5.74, 6) is 0.117. The van der Waals surface area contributed by atoms with Crippen molar-refractivity contribution in [2.45, 2.75) is 52.0 Å². The van der Waals surface area contributed by atoms with Crippen LogP contribution in [0.5, 0.6) is 0 Å². The van der Waals surface area contributed by atoms with Crippen LogP contribution < -0.4 is 11.1 Å². The summed E-state index contributed by atoms with van der Waals surface area (Å²) in [6, 6.07) is 8.59. The molecule has 1 aliphatic carbocycles. The number of hydrogen-bond acceptors (Lipinski definition) is 2. The van der Waals surface area contributed by atoms with Crippen LogP contribution in [0.2, 0.25) is 0 Å². The normalized spacial score (nSPS) is 17.6. The Bertz CT molecular complexity index is 463. The van der Waals surface area contributed by atoms with Crippen LogP contribution in [0.3, 0.4) is 0 Å². The Morgan fingerprint density at radius 1 is 1.33 bits per heavy atom. The SMILES string of the molecule is CCC(CC)(CN)C(=O)NC1CCCc2ccccc21.Cl. The number of nitrogens with one attached hydrogen (secondary N) is 1. The smallest absolute Gasteiger partial charge is 0.227 e. The fourth-order valence-corrected chi connectivity index (χ4v) is 3.17. The number of rotatable bonds is 5. The van der Waals surface area contributed by atoms with Gasteiger partial charge in [0, 0.05) is 6.54 Å². The van der Waals surface area contributed by atoms with Gasteiger partial charge in [-0.25, -0.2) is 0 Å². The maximum Gasteiger partial charge on any atom is 0.227 e. The summed E-state index contributed by atoms with van der Waals surface area (Å²) >= 11 is 0. The fraction of sp³-hybridized carbons (Fsp3) is 0.588. The minimum absolute atomic E-state index is 0. The molecule has 0 heterocycles. The lowest BCUT2D eigenvalue weighted by Gasteiger charge is -2.33. The number of benzene rings is 1. The van der Waals surface area contributed by atoms with E-state index in [9.17, 15) is 4.79 Å². The molecule has 0 saturated heterocycles. The van der Waals surface area contributed by atoms with Crippen molar-refractivity contribution in [2.75, 3.05) is 6.54 Å². The molecule has 3 N–H and O–H groups in total. The zero-order valence-corrected chi connectivity index (χ0v) is 13.8. The Morgan fingerprint density at radius 3 is 2.62 bits per heavy atom. The molecular formula is C17H27ClN2O. The zero-order valence-electron chi connectivity index (χ0n) is 13.0. The zero-order chi connectivity index (χ0) is 14.6. The Labute approximate surface area is 134 Å². The van der Waals surface area contributed by atoms with Gasteiger partial charge in [-0.1, -0.05) is 38.1 Å². The maximum absolute atomic E-state index is 12.6. The topological polar surface area (TPSA) is 55.1 Å². The van der Waals surface area contributed by atoms with Crippen molar-refractivity contribution in [1.82, 2.24) is 5.32 Å². The third-order valence-electron chi connectivity index (χ3n) is 4.90. The molecule has 0 saturated carbocycles. The lowest BCUT2D eigenvalue weighted by Crippen LogP contribution is -2.46. The minimum atomic E-state index is -0.410. The Hall–Kier alpha value is -1.06. The third-order valence-corrected chi connectivity index (χ3v) is 4.90. The molecule has 0 aromatic heterocycles. The molecule has 0 aliphatic heterocycles. The standard InChI is InChI=1S/C17H26N2O.ClH/c1-3-17(4-2,12-18)16(20)19-15-11-7-9-13-8-5-6-10-14(13)15;/h5-6,8,10,15H,3-4,7,9,11-12,18H2,1-2H3,(H,19,20);1H. The summed E-state index contributed by atoms with van der Waals surface area (Å²) in [5.41, 5.74) is 8.11. The Balaban J connectivity index is 0.00000220. The Kier molecular flexibility index (Phi) is 6.69. The van der Waals surface area contributed by atoms with Crippen LogP contribution in [-0.2, 0) is 11.2 Å². The highest BCUT2D eigenvalue weighted by Crippen LogP contribution is 2.32. The van der Waals surface area contributed by atoms with Gasteiger partial charge in [0.25, 0.3) is 0 Å². The van der Waals surface area contributed by atoms with E-state index < -0.39 is 5.41 Å².